The Labute approximate surface area is 134 Å². The highest BCUT2D eigenvalue weighted by Crippen LogP contribution is 2.70. The van der Waals surface area contributed by atoms with E-state index in [0.29, 0.717) is 6.61 Å². The van der Waals surface area contributed by atoms with Gasteiger partial charge in [0.25, 0.3) is 0 Å². The second-order valence-electron chi connectivity index (χ2n) is 5.18. The van der Waals surface area contributed by atoms with Crippen LogP contribution < -0.4 is 4.74 Å². The van der Waals surface area contributed by atoms with Gasteiger partial charge in [-0.15, -0.1) is 23.2 Å². The fourth-order valence-corrected chi connectivity index (χ4v) is 3.63. The van der Waals surface area contributed by atoms with E-state index >= 15 is 0 Å². The Kier molecular flexibility index (Phi) is 4.12. The van der Waals surface area contributed by atoms with Crippen molar-refractivity contribution in [1.29, 1.82) is 0 Å². The summed E-state index contributed by atoms with van der Waals surface area (Å²) in [5.41, 5.74) is 2.26. The van der Waals surface area contributed by atoms with E-state index in [0.717, 1.165) is 16.9 Å². The van der Waals surface area contributed by atoms with Gasteiger partial charge in [0.15, 0.2) is 0 Å². The predicted molar refractivity (Wildman–Crippen MR) is 85.4 cm³/mol. The average Bonchev–Trinajstić information content (AvgIpc) is 3.09. The van der Waals surface area contributed by atoms with Crippen molar-refractivity contribution in [3.63, 3.8) is 0 Å². The fourth-order valence-electron chi connectivity index (χ4n) is 2.75. The standard InChI is InChI=1S/C17H16Cl2O2/c18-17(19)15(12-4-2-1-3-5-12)16(17)13-6-8-14(9-7-13)21-11-10-20/h1-9,15-16,20H,10-11H2. The van der Waals surface area contributed by atoms with Gasteiger partial charge in [-0.3, -0.25) is 0 Å². The van der Waals surface area contributed by atoms with Gasteiger partial charge in [-0.05, 0) is 23.3 Å². The number of aliphatic hydroxyl groups is 1. The summed E-state index contributed by atoms with van der Waals surface area (Å²) >= 11 is 12.9. The van der Waals surface area contributed by atoms with Gasteiger partial charge in [-0.2, -0.15) is 0 Å². The van der Waals surface area contributed by atoms with Crippen molar-refractivity contribution in [3.05, 3.63) is 65.7 Å². The molecule has 2 atom stereocenters. The molecular weight excluding hydrogens is 307 g/mol. The largest absolute Gasteiger partial charge is 0.491 e. The van der Waals surface area contributed by atoms with Crippen LogP contribution in [0.4, 0.5) is 0 Å². The van der Waals surface area contributed by atoms with Crippen LogP contribution in [-0.2, 0) is 0 Å². The first-order valence-corrected chi connectivity index (χ1v) is 7.66. The molecule has 3 rings (SSSR count). The first-order chi connectivity index (χ1) is 10.1. The molecule has 0 heterocycles. The van der Waals surface area contributed by atoms with Crippen LogP contribution in [0.15, 0.2) is 54.6 Å². The van der Waals surface area contributed by atoms with E-state index in [-0.39, 0.29) is 18.4 Å². The highest BCUT2D eigenvalue weighted by atomic mass is 35.5. The maximum absolute atomic E-state index is 8.75. The minimum Gasteiger partial charge on any atom is -0.491 e. The van der Waals surface area contributed by atoms with Crippen molar-refractivity contribution in [2.45, 2.75) is 16.2 Å². The Bertz CT molecular complexity index is 596. The van der Waals surface area contributed by atoms with Crippen LogP contribution in [0.3, 0.4) is 0 Å². The van der Waals surface area contributed by atoms with Gasteiger partial charge in [0.05, 0.1) is 6.61 Å². The Morgan fingerprint density at radius 3 is 2.05 bits per heavy atom. The smallest absolute Gasteiger partial charge is 0.133 e. The number of hydrogen-bond donors (Lipinski definition) is 1. The molecule has 0 bridgehead atoms. The van der Waals surface area contributed by atoms with Crippen molar-refractivity contribution in [3.8, 4) is 5.75 Å². The van der Waals surface area contributed by atoms with E-state index in [1.165, 1.54) is 0 Å². The minimum atomic E-state index is -0.755. The highest BCUT2D eigenvalue weighted by Gasteiger charge is 2.64. The van der Waals surface area contributed by atoms with Crippen LogP contribution >= 0.6 is 23.2 Å². The number of rotatable bonds is 5. The molecule has 0 radical (unpaired) electrons. The molecule has 21 heavy (non-hydrogen) atoms. The Morgan fingerprint density at radius 1 is 0.905 bits per heavy atom. The van der Waals surface area contributed by atoms with Gasteiger partial charge in [0.2, 0.25) is 0 Å². The molecule has 2 unspecified atom stereocenters. The maximum Gasteiger partial charge on any atom is 0.133 e. The summed E-state index contributed by atoms with van der Waals surface area (Å²) in [6.45, 7) is 0.303. The maximum atomic E-state index is 8.75. The zero-order chi connectivity index (χ0) is 14.9. The first kappa shape index (κ1) is 14.7. The lowest BCUT2D eigenvalue weighted by Crippen LogP contribution is -2.01. The average molecular weight is 323 g/mol. The molecule has 0 aromatic heterocycles. The van der Waals surface area contributed by atoms with E-state index in [2.05, 4.69) is 12.1 Å². The Morgan fingerprint density at radius 2 is 1.48 bits per heavy atom. The van der Waals surface area contributed by atoms with Gasteiger partial charge in [-0.25, -0.2) is 0 Å². The lowest BCUT2D eigenvalue weighted by atomic mass is 10.0. The summed E-state index contributed by atoms with van der Waals surface area (Å²) in [5.74, 6) is 0.945. The van der Waals surface area contributed by atoms with E-state index in [9.17, 15) is 0 Å². The monoisotopic (exact) mass is 322 g/mol. The lowest BCUT2D eigenvalue weighted by Gasteiger charge is -2.05. The summed E-state index contributed by atoms with van der Waals surface area (Å²) in [4.78, 5) is 0. The molecular formula is C17H16Cl2O2. The Balaban J connectivity index is 1.78. The summed E-state index contributed by atoms with van der Waals surface area (Å²) in [7, 11) is 0. The minimum absolute atomic E-state index is 0.00687. The molecule has 0 amide bonds. The van der Waals surface area contributed by atoms with Gasteiger partial charge in [-0.1, -0.05) is 42.5 Å². The summed E-state index contributed by atoms with van der Waals surface area (Å²) in [6.07, 6.45) is 0. The summed E-state index contributed by atoms with van der Waals surface area (Å²) < 4.78 is 4.60. The summed E-state index contributed by atoms with van der Waals surface area (Å²) in [6, 6.07) is 17.8. The first-order valence-electron chi connectivity index (χ1n) is 6.91. The third-order valence-electron chi connectivity index (χ3n) is 3.81. The van der Waals surface area contributed by atoms with Crippen molar-refractivity contribution in [1.82, 2.24) is 0 Å². The molecule has 110 valence electrons. The second kappa shape index (κ2) is 5.88. The lowest BCUT2D eigenvalue weighted by molar-refractivity contribution is 0.201. The number of benzene rings is 2. The van der Waals surface area contributed by atoms with Crippen molar-refractivity contribution in [2.75, 3.05) is 13.2 Å². The quantitative estimate of drug-likeness (QED) is 0.839. The molecule has 4 heteroatoms. The van der Waals surface area contributed by atoms with Crippen LogP contribution in [0, 0.1) is 0 Å². The molecule has 2 nitrogen and oxygen atoms in total. The van der Waals surface area contributed by atoms with E-state index < -0.39 is 4.33 Å². The zero-order valence-electron chi connectivity index (χ0n) is 11.4. The fraction of sp³-hybridized carbons (Fsp3) is 0.294. The molecule has 2 aromatic carbocycles. The molecule has 1 aliphatic carbocycles. The van der Waals surface area contributed by atoms with Gasteiger partial charge in [0, 0.05) is 11.8 Å². The number of ether oxygens (including phenoxy) is 1. The molecule has 1 fully saturated rings. The van der Waals surface area contributed by atoms with E-state index in [1.807, 2.05) is 42.5 Å². The Hall–Kier alpha value is -1.22. The molecule has 2 aromatic rings. The third kappa shape index (κ3) is 2.89. The van der Waals surface area contributed by atoms with Crippen molar-refractivity contribution >= 4 is 23.2 Å². The van der Waals surface area contributed by atoms with Crippen LogP contribution in [-0.4, -0.2) is 22.7 Å². The van der Waals surface area contributed by atoms with E-state index in [4.69, 9.17) is 33.0 Å². The molecule has 1 aliphatic rings. The number of hydrogen-bond acceptors (Lipinski definition) is 2. The van der Waals surface area contributed by atoms with E-state index in [1.54, 1.807) is 0 Å². The normalized spacial score (nSPS) is 22.8. The van der Waals surface area contributed by atoms with Crippen molar-refractivity contribution in [2.24, 2.45) is 0 Å². The number of aliphatic hydroxyl groups excluding tert-OH is 1. The van der Waals surface area contributed by atoms with Crippen LogP contribution in [0.5, 0.6) is 5.75 Å². The van der Waals surface area contributed by atoms with Gasteiger partial charge < -0.3 is 9.84 Å². The van der Waals surface area contributed by atoms with Gasteiger partial charge in [0.1, 0.15) is 16.7 Å². The van der Waals surface area contributed by atoms with Crippen LogP contribution in [0.25, 0.3) is 0 Å². The third-order valence-corrected chi connectivity index (χ3v) is 4.75. The van der Waals surface area contributed by atoms with Gasteiger partial charge >= 0.3 is 0 Å². The molecule has 1 saturated carbocycles. The highest BCUT2D eigenvalue weighted by molar-refractivity contribution is 6.52. The molecule has 1 N–H and O–H groups in total. The van der Waals surface area contributed by atoms with Crippen LogP contribution in [0.1, 0.15) is 23.0 Å². The summed E-state index contributed by atoms with van der Waals surface area (Å²) in [5, 5.41) is 8.75. The van der Waals surface area contributed by atoms with Crippen molar-refractivity contribution < 1.29 is 9.84 Å². The number of alkyl halides is 2. The molecule has 0 saturated heterocycles. The molecule has 0 spiro atoms. The topological polar surface area (TPSA) is 29.5 Å². The van der Waals surface area contributed by atoms with Crippen LogP contribution in [0.2, 0.25) is 0 Å². The SMILES string of the molecule is OCCOc1ccc(C2C(c3ccccc3)C2(Cl)Cl)cc1. The predicted octanol–water partition coefficient (Wildman–Crippen LogP) is 4.11. The zero-order valence-corrected chi connectivity index (χ0v) is 12.9. The number of halogens is 2. The molecule has 0 aliphatic heterocycles. The second-order valence-corrected chi connectivity index (χ2v) is 6.63.